The van der Waals surface area contributed by atoms with Crippen molar-refractivity contribution in [2.75, 3.05) is 0 Å². The van der Waals surface area contributed by atoms with Crippen molar-refractivity contribution in [1.82, 2.24) is 0 Å². The Labute approximate surface area is 205 Å². The van der Waals surface area contributed by atoms with Gasteiger partial charge in [-0.3, -0.25) is 9.59 Å². The third-order valence-electron chi connectivity index (χ3n) is 11.5. The number of carbonyl (C=O) groups is 2. The smallest absolute Gasteiger partial charge is 0.310 e. The number of hydrogen-bond acceptors (Lipinski definition) is 4. The summed E-state index contributed by atoms with van der Waals surface area (Å²) in [5.74, 6) is 0.945. The predicted octanol–water partition coefficient (Wildman–Crippen LogP) is 6.03. The fourth-order valence-corrected chi connectivity index (χ4v) is 9.80. The van der Waals surface area contributed by atoms with Crippen LogP contribution in [0.5, 0.6) is 0 Å². The number of Topliss-reactive ketones (excluding diaryl/α,β-unsaturated/α-hetero) is 1. The number of hydrogen-bond donors (Lipinski definition) is 1. The molecule has 1 aliphatic heterocycles. The lowest BCUT2D eigenvalue weighted by Gasteiger charge is -2.67. The summed E-state index contributed by atoms with van der Waals surface area (Å²) in [4.78, 5) is 25.8. The molecular formula is C30H44O4. The number of fused-ring (bicyclic) bond motifs is 7. The van der Waals surface area contributed by atoms with E-state index >= 15 is 0 Å². The molecule has 9 atom stereocenters. The molecule has 0 spiro atoms. The lowest BCUT2D eigenvalue weighted by molar-refractivity contribution is -0.191. The van der Waals surface area contributed by atoms with Gasteiger partial charge in [0, 0.05) is 23.2 Å². The predicted molar refractivity (Wildman–Crippen MR) is 133 cm³/mol. The van der Waals surface area contributed by atoms with Gasteiger partial charge in [0.2, 0.25) is 0 Å². The van der Waals surface area contributed by atoms with E-state index in [0.717, 1.165) is 32.1 Å². The van der Waals surface area contributed by atoms with Crippen molar-refractivity contribution in [3.05, 3.63) is 23.3 Å². The molecule has 34 heavy (non-hydrogen) atoms. The van der Waals surface area contributed by atoms with Crippen molar-refractivity contribution in [3.8, 4) is 0 Å². The van der Waals surface area contributed by atoms with Crippen LogP contribution in [-0.4, -0.2) is 29.1 Å². The van der Waals surface area contributed by atoms with Crippen molar-refractivity contribution in [1.29, 1.82) is 0 Å². The summed E-state index contributed by atoms with van der Waals surface area (Å²) < 4.78 is 5.99. The first kappa shape index (κ1) is 24.3. The van der Waals surface area contributed by atoms with E-state index in [4.69, 9.17) is 4.74 Å². The second kappa shape index (κ2) is 7.54. The monoisotopic (exact) mass is 468 g/mol. The summed E-state index contributed by atoms with van der Waals surface area (Å²) in [5, 5.41) is 11.8. The first-order valence-corrected chi connectivity index (χ1v) is 13.6. The summed E-state index contributed by atoms with van der Waals surface area (Å²) in [5.41, 5.74) is 1.81. The van der Waals surface area contributed by atoms with E-state index in [1.54, 1.807) is 0 Å². The second-order valence-electron chi connectivity index (χ2n) is 13.7. The van der Waals surface area contributed by atoms with E-state index in [1.807, 2.05) is 0 Å². The third kappa shape index (κ3) is 2.99. The SMILES string of the molecule is CC(C)=CCC[C@H]1C(=O)O[C@@H]2C=C3[C@]4(C)[C@H](O)C[C@H]5C(C)(C)C(=O)CC[C@]5(C)[C@H]4CC[C@@]3(C)[C@@H]21. The molecule has 5 aliphatic rings. The standard InChI is InChI=1S/C30H44O4/c1-17(2)9-8-10-18-25-19(34-26(18)33)15-22-29(25,6)13-11-20-28(5)14-12-23(31)27(3,4)21(28)16-24(32)30(20,22)7/h9,15,18-21,24-25,32H,8,10-14,16H2,1-7H3/t18-,19-,20-,21+,24-,25-,28-,29-,30-/m1/s1. The van der Waals surface area contributed by atoms with Crippen molar-refractivity contribution >= 4 is 11.8 Å². The summed E-state index contributed by atoms with van der Waals surface area (Å²) in [6.45, 7) is 15.5. The third-order valence-corrected chi connectivity index (χ3v) is 11.5. The average molecular weight is 469 g/mol. The Bertz CT molecular complexity index is 970. The van der Waals surface area contributed by atoms with Crippen molar-refractivity contribution in [3.63, 3.8) is 0 Å². The van der Waals surface area contributed by atoms with Crippen LogP contribution in [0, 0.1) is 45.3 Å². The van der Waals surface area contributed by atoms with E-state index < -0.39 is 6.10 Å². The fraction of sp³-hybridized carbons (Fsp3) is 0.800. The van der Waals surface area contributed by atoms with Gasteiger partial charge in [-0.25, -0.2) is 0 Å². The first-order valence-electron chi connectivity index (χ1n) is 13.6. The van der Waals surface area contributed by atoms with Gasteiger partial charge in [-0.1, -0.05) is 51.8 Å². The summed E-state index contributed by atoms with van der Waals surface area (Å²) in [7, 11) is 0. The number of esters is 1. The molecule has 0 unspecified atom stereocenters. The van der Waals surface area contributed by atoms with Gasteiger partial charge in [-0.2, -0.15) is 0 Å². The van der Waals surface area contributed by atoms with E-state index in [2.05, 4.69) is 60.6 Å². The van der Waals surface area contributed by atoms with Crippen LogP contribution in [-0.2, 0) is 14.3 Å². The number of allylic oxidation sites excluding steroid dienone is 2. The van der Waals surface area contributed by atoms with Gasteiger partial charge in [0.05, 0.1) is 12.0 Å². The second-order valence-corrected chi connectivity index (χ2v) is 13.7. The Hall–Kier alpha value is -1.42. The Morgan fingerprint density at radius 2 is 1.82 bits per heavy atom. The summed E-state index contributed by atoms with van der Waals surface area (Å²) in [6.07, 6.45) is 9.88. The molecule has 1 N–H and O–H groups in total. The van der Waals surface area contributed by atoms with Crippen LogP contribution in [0.15, 0.2) is 23.3 Å². The largest absolute Gasteiger partial charge is 0.458 e. The van der Waals surface area contributed by atoms with Crippen molar-refractivity contribution in [2.24, 2.45) is 45.3 Å². The minimum absolute atomic E-state index is 0.0325. The molecule has 4 aliphatic carbocycles. The number of rotatable bonds is 3. The van der Waals surface area contributed by atoms with E-state index in [1.165, 1.54) is 11.1 Å². The molecule has 0 bridgehead atoms. The highest BCUT2D eigenvalue weighted by Gasteiger charge is 2.70. The topological polar surface area (TPSA) is 63.6 Å². The van der Waals surface area contributed by atoms with Gasteiger partial charge in [-0.15, -0.1) is 0 Å². The molecule has 0 amide bonds. The Kier molecular flexibility index (Phi) is 5.39. The molecule has 4 nitrogen and oxygen atoms in total. The van der Waals surface area contributed by atoms with Gasteiger partial charge >= 0.3 is 5.97 Å². The van der Waals surface area contributed by atoms with Crippen molar-refractivity contribution < 1.29 is 19.4 Å². The van der Waals surface area contributed by atoms with Gasteiger partial charge in [0.1, 0.15) is 11.9 Å². The number of aliphatic hydroxyl groups is 1. The highest BCUT2D eigenvalue weighted by molar-refractivity contribution is 5.85. The zero-order valence-corrected chi connectivity index (χ0v) is 22.2. The van der Waals surface area contributed by atoms with E-state index in [9.17, 15) is 14.7 Å². The molecule has 1 heterocycles. The molecule has 0 aromatic rings. The number of carbonyl (C=O) groups excluding carboxylic acids is 2. The minimum Gasteiger partial charge on any atom is -0.458 e. The minimum atomic E-state index is -0.481. The average Bonchev–Trinajstić information content (AvgIpc) is 3.21. The maximum atomic E-state index is 12.9. The van der Waals surface area contributed by atoms with E-state index in [0.29, 0.717) is 24.5 Å². The fourth-order valence-electron chi connectivity index (χ4n) is 9.80. The highest BCUT2D eigenvalue weighted by Crippen LogP contribution is 2.73. The first-order chi connectivity index (χ1) is 15.8. The van der Waals surface area contributed by atoms with Crippen LogP contribution >= 0.6 is 0 Å². The summed E-state index contributed by atoms with van der Waals surface area (Å²) >= 11 is 0. The van der Waals surface area contributed by atoms with Crippen LogP contribution in [0.3, 0.4) is 0 Å². The quantitative estimate of drug-likeness (QED) is 0.406. The lowest BCUT2D eigenvalue weighted by Crippen LogP contribution is -2.64. The number of aliphatic hydroxyl groups excluding tert-OH is 1. The molecule has 4 heteroatoms. The lowest BCUT2D eigenvalue weighted by atomic mass is 9.37. The van der Waals surface area contributed by atoms with Crippen LogP contribution in [0.25, 0.3) is 0 Å². The van der Waals surface area contributed by atoms with Crippen LogP contribution in [0.2, 0.25) is 0 Å². The maximum absolute atomic E-state index is 12.9. The molecule has 5 rings (SSSR count). The van der Waals surface area contributed by atoms with Gasteiger partial charge in [0.25, 0.3) is 0 Å². The van der Waals surface area contributed by atoms with Crippen LogP contribution in [0.4, 0.5) is 0 Å². The number of ether oxygens (including phenoxy) is 1. The molecule has 0 aromatic carbocycles. The highest BCUT2D eigenvalue weighted by atomic mass is 16.6. The normalized spacial score (nSPS) is 48.8. The summed E-state index contributed by atoms with van der Waals surface area (Å²) in [6, 6.07) is 0. The Morgan fingerprint density at radius 1 is 1.12 bits per heavy atom. The zero-order chi connectivity index (χ0) is 24.8. The molecule has 3 saturated carbocycles. The molecular weight excluding hydrogens is 424 g/mol. The maximum Gasteiger partial charge on any atom is 0.310 e. The van der Waals surface area contributed by atoms with Gasteiger partial charge < -0.3 is 9.84 Å². The van der Waals surface area contributed by atoms with E-state index in [-0.39, 0.29) is 51.5 Å². The molecule has 1 saturated heterocycles. The van der Waals surface area contributed by atoms with Gasteiger partial charge in [-0.05, 0) is 81.1 Å². The van der Waals surface area contributed by atoms with Crippen LogP contribution < -0.4 is 0 Å². The molecule has 0 aromatic heterocycles. The Balaban J connectivity index is 1.51. The van der Waals surface area contributed by atoms with Gasteiger partial charge in [0.15, 0.2) is 0 Å². The number of ketones is 1. The zero-order valence-electron chi connectivity index (χ0n) is 22.2. The molecule has 188 valence electrons. The van der Waals surface area contributed by atoms with Crippen molar-refractivity contribution in [2.45, 2.75) is 106 Å². The Morgan fingerprint density at radius 3 is 2.50 bits per heavy atom. The molecule has 4 fully saturated rings. The molecule has 0 radical (unpaired) electrons. The van der Waals surface area contributed by atoms with Crippen LogP contribution in [0.1, 0.15) is 93.4 Å².